The molecule has 1 aromatic heterocycles. The number of nitrogens with zero attached hydrogens (tertiary/aromatic N) is 3. The third-order valence-corrected chi connectivity index (χ3v) is 4.29. The summed E-state index contributed by atoms with van der Waals surface area (Å²) >= 11 is 0. The second-order valence-corrected chi connectivity index (χ2v) is 6.19. The van der Waals surface area contributed by atoms with Crippen molar-refractivity contribution in [1.82, 2.24) is 9.88 Å². The van der Waals surface area contributed by atoms with Crippen LogP contribution in [-0.4, -0.2) is 37.1 Å². The van der Waals surface area contributed by atoms with Crippen LogP contribution in [0.5, 0.6) is 0 Å². The van der Waals surface area contributed by atoms with Crippen molar-refractivity contribution < 1.29 is 4.39 Å². The number of hydrogen-bond acceptors (Lipinski definition) is 3. The van der Waals surface area contributed by atoms with Gasteiger partial charge in [0.1, 0.15) is 11.6 Å². The largest absolute Gasteiger partial charge is 0.363 e. The van der Waals surface area contributed by atoms with Crippen LogP contribution in [0, 0.1) is 5.82 Å². The van der Waals surface area contributed by atoms with E-state index in [1.807, 2.05) is 37.3 Å². The van der Waals surface area contributed by atoms with Gasteiger partial charge in [-0.1, -0.05) is 18.2 Å². The van der Waals surface area contributed by atoms with Crippen LogP contribution in [-0.2, 0) is 6.54 Å². The summed E-state index contributed by atoms with van der Waals surface area (Å²) in [7, 11) is 3.99. The Bertz CT molecular complexity index is 607. The molecule has 0 aliphatic carbocycles. The van der Waals surface area contributed by atoms with Crippen LogP contribution < -0.4 is 4.90 Å². The average molecular weight is 299 g/mol. The van der Waals surface area contributed by atoms with Crippen LogP contribution in [0.25, 0.3) is 0 Å². The third-order valence-electron chi connectivity index (χ3n) is 4.29. The highest BCUT2D eigenvalue weighted by atomic mass is 19.1. The molecule has 2 heterocycles. The highest BCUT2D eigenvalue weighted by molar-refractivity contribution is 5.37. The van der Waals surface area contributed by atoms with Gasteiger partial charge in [0.15, 0.2) is 0 Å². The fourth-order valence-corrected chi connectivity index (χ4v) is 3.02. The molecule has 22 heavy (non-hydrogen) atoms. The lowest BCUT2D eigenvalue weighted by Gasteiger charge is -2.17. The molecular weight excluding hydrogens is 277 g/mol. The Morgan fingerprint density at radius 3 is 2.59 bits per heavy atom. The summed E-state index contributed by atoms with van der Waals surface area (Å²) in [6.45, 7) is 3.04. The van der Waals surface area contributed by atoms with Gasteiger partial charge < -0.3 is 4.90 Å². The predicted octanol–water partition coefficient (Wildman–Crippen LogP) is 3.28. The molecule has 4 heteroatoms. The number of likely N-dealkylation sites (tertiary alicyclic amines) is 1. The van der Waals surface area contributed by atoms with E-state index in [0.29, 0.717) is 5.92 Å². The number of aromatic nitrogens is 1. The third kappa shape index (κ3) is 3.45. The van der Waals surface area contributed by atoms with Crippen molar-refractivity contribution in [2.75, 3.05) is 32.1 Å². The van der Waals surface area contributed by atoms with Crippen LogP contribution >= 0.6 is 0 Å². The van der Waals surface area contributed by atoms with Crippen LogP contribution in [0.15, 0.2) is 42.6 Å². The SMILES string of the molecule is CN(C)c1ccc(CN2CCC(c3ccc(F)cc3)C2)cn1. The Balaban J connectivity index is 1.59. The summed E-state index contributed by atoms with van der Waals surface area (Å²) in [6.07, 6.45) is 3.09. The van der Waals surface area contributed by atoms with Gasteiger partial charge in [-0.15, -0.1) is 0 Å². The second kappa shape index (κ2) is 6.44. The van der Waals surface area contributed by atoms with Crippen molar-refractivity contribution >= 4 is 5.82 Å². The number of rotatable bonds is 4. The molecule has 1 aliphatic rings. The zero-order valence-corrected chi connectivity index (χ0v) is 13.2. The number of hydrogen-bond donors (Lipinski definition) is 0. The fraction of sp³-hybridized carbons (Fsp3) is 0.389. The van der Waals surface area contributed by atoms with E-state index >= 15 is 0 Å². The van der Waals surface area contributed by atoms with E-state index in [-0.39, 0.29) is 5.82 Å². The number of pyridine rings is 1. The van der Waals surface area contributed by atoms with Gasteiger partial charge in [-0.3, -0.25) is 4.90 Å². The number of halogens is 1. The first-order valence-corrected chi connectivity index (χ1v) is 7.72. The van der Waals surface area contributed by atoms with Crippen LogP contribution in [0.4, 0.5) is 10.2 Å². The molecule has 0 amide bonds. The Hall–Kier alpha value is -1.94. The zero-order chi connectivity index (χ0) is 15.5. The van der Waals surface area contributed by atoms with Gasteiger partial charge in [0.05, 0.1) is 0 Å². The Morgan fingerprint density at radius 2 is 1.95 bits per heavy atom. The van der Waals surface area contributed by atoms with Gasteiger partial charge in [0.2, 0.25) is 0 Å². The smallest absolute Gasteiger partial charge is 0.127 e. The zero-order valence-electron chi connectivity index (χ0n) is 13.2. The fourth-order valence-electron chi connectivity index (χ4n) is 3.02. The summed E-state index contributed by atoms with van der Waals surface area (Å²) in [4.78, 5) is 8.91. The van der Waals surface area contributed by atoms with Gasteiger partial charge in [0, 0.05) is 33.4 Å². The van der Waals surface area contributed by atoms with Crippen LogP contribution in [0.3, 0.4) is 0 Å². The van der Waals surface area contributed by atoms with Gasteiger partial charge in [-0.05, 0) is 48.2 Å². The topological polar surface area (TPSA) is 19.4 Å². The molecule has 0 bridgehead atoms. The highest BCUT2D eigenvalue weighted by Gasteiger charge is 2.23. The van der Waals surface area contributed by atoms with E-state index in [2.05, 4.69) is 22.0 Å². The molecule has 1 saturated heterocycles. The molecule has 0 radical (unpaired) electrons. The standard InChI is InChI=1S/C18H22FN3/c1-21(2)18-8-3-14(11-20-18)12-22-10-9-16(13-22)15-4-6-17(19)7-5-15/h3-8,11,16H,9-10,12-13H2,1-2H3. The molecule has 0 spiro atoms. The van der Waals surface area contributed by atoms with Crippen molar-refractivity contribution in [3.05, 3.63) is 59.5 Å². The van der Waals surface area contributed by atoms with E-state index in [1.165, 1.54) is 11.1 Å². The molecule has 0 saturated carbocycles. The maximum atomic E-state index is 13.0. The molecule has 0 N–H and O–H groups in total. The Labute approximate surface area is 131 Å². The molecule has 3 rings (SSSR count). The Morgan fingerprint density at radius 1 is 1.18 bits per heavy atom. The molecule has 1 fully saturated rings. The first-order chi connectivity index (χ1) is 10.6. The molecule has 1 aromatic carbocycles. The maximum Gasteiger partial charge on any atom is 0.127 e. The molecule has 1 atom stereocenters. The van der Waals surface area contributed by atoms with Crippen molar-refractivity contribution in [3.63, 3.8) is 0 Å². The van der Waals surface area contributed by atoms with Crippen molar-refractivity contribution in [2.45, 2.75) is 18.9 Å². The summed E-state index contributed by atoms with van der Waals surface area (Å²) in [5.41, 5.74) is 2.48. The highest BCUT2D eigenvalue weighted by Crippen LogP contribution is 2.28. The molecule has 116 valence electrons. The molecule has 1 unspecified atom stereocenters. The minimum Gasteiger partial charge on any atom is -0.363 e. The normalized spacial score (nSPS) is 18.6. The minimum atomic E-state index is -0.161. The van der Waals surface area contributed by atoms with E-state index in [1.54, 1.807) is 12.1 Å². The molecule has 1 aliphatic heterocycles. The number of benzene rings is 1. The lowest BCUT2D eigenvalue weighted by Crippen LogP contribution is -2.20. The maximum absolute atomic E-state index is 13.0. The van der Waals surface area contributed by atoms with Crippen LogP contribution in [0.2, 0.25) is 0 Å². The quantitative estimate of drug-likeness (QED) is 0.863. The first kappa shape index (κ1) is 15.0. The van der Waals surface area contributed by atoms with Gasteiger partial charge >= 0.3 is 0 Å². The van der Waals surface area contributed by atoms with Crippen molar-refractivity contribution in [3.8, 4) is 0 Å². The molecule has 2 aromatic rings. The lowest BCUT2D eigenvalue weighted by atomic mass is 9.99. The van der Waals surface area contributed by atoms with Gasteiger partial charge in [-0.25, -0.2) is 9.37 Å². The average Bonchev–Trinajstić information content (AvgIpc) is 2.97. The number of anilines is 1. The van der Waals surface area contributed by atoms with E-state index in [9.17, 15) is 4.39 Å². The van der Waals surface area contributed by atoms with E-state index in [4.69, 9.17) is 0 Å². The second-order valence-electron chi connectivity index (χ2n) is 6.19. The minimum absolute atomic E-state index is 0.161. The molecule has 3 nitrogen and oxygen atoms in total. The predicted molar refractivity (Wildman–Crippen MR) is 87.6 cm³/mol. The molecular formula is C18H22FN3. The van der Waals surface area contributed by atoms with Gasteiger partial charge in [-0.2, -0.15) is 0 Å². The first-order valence-electron chi connectivity index (χ1n) is 7.72. The summed E-state index contributed by atoms with van der Waals surface area (Å²) < 4.78 is 13.0. The van der Waals surface area contributed by atoms with Crippen LogP contribution in [0.1, 0.15) is 23.5 Å². The Kier molecular flexibility index (Phi) is 4.39. The van der Waals surface area contributed by atoms with Crippen molar-refractivity contribution in [1.29, 1.82) is 0 Å². The van der Waals surface area contributed by atoms with E-state index in [0.717, 1.165) is 31.9 Å². The van der Waals surface area contributed by atoms with Crippen molar-refractivity contribution in [2.24, 2.45) is 0 Å². The summed E-state index contributed by atoms with van der Waals surface area (Å²) in [6, 6.07) is 11.1. The lowest BCUT2D eigenvalue weighted by molar-refractivity contribution is 0.326. The van der Waals surface area contributed by atoms with E-state index < -0.39 is 0 Å². The monoisotopic (exact) mass is 299 g/mol. The van der Waals surface area contributed by atoms with Gasteiger partial charge in [0.25, 0.3) is 0 Å². The summed E-state index contributed by atoms with van der Waals surface area (Å²) in [5, 5.41) is 0. The summed E-state index contributed by atoms with van der Waals surface area (Å²) in [5.74, 6) is 1.33.